The Morgan fingerprint density at radius 3 is 2.77 bits per heavy atom. The molecule has 8 nitrogen and oxygen atoms in total. The van der Waals surface area contributed by atoms with Gasteiger partial charge < -0.3 is 10.3 Å². The number of anilines is 2. The van der Waals surface area contributed by atoms with Crippen molar-refractivity contribution in [2.75, 3.05) is 11.1 Å². The van der Waals surface area contributed by atoms with Crippen molar-refractivity contribution in [3.8, 4) is 0 Å². The molecule has 0 bridgehead atoms. The number of para-hydroxylation sites is 1. The number of aromatic nitrogens is 6. The minimum atomic E-state index is -0.191. The predicted molar refractivity (Wildman–Crippen MR) is 101 cm³/mol. The van der Waals surface area contributed by atoms with Gasteiger partial charge in [-0.15, -0.1) is 0 Å². The summed E-state index contributed by atoms with van der Waals surface area (Å²) in [5.41, 5.74) is 2.07. The smallest absolute Gasteiger partial charge is 0.249 e. The van der Waals surface area contributed by atoms with Crippen molar-refractivity contribution in [2.24, 2.45) is 0 Å². The molecule has 0 unspecified atom stereocenters. The van der Waals surface area contributed by atoms with Gasteiger partial charge in [0.1, 0.15) is 12.0 Å². The molecule has 0 aliphatic carbocycles. The lowest BCUT2D eigenvalue weighted by Gasteiger charge is -2.09. The van der Waals surface area contributed by atoms with Gasteiger partial charge in [0, 0.05) is 29.3 Å². The maximum Gasteiger partial charge on any atom is 0.249 e. The Kier molecular flexibility index (Phi) is 4.61. The third kappa shape index (κ3) is 3.72. The summed E-state index contributed by atoms with van der Waals surface area (Å²) < 4.78 is 0. The zero-order valence-electron chi connectivity index (χ0n) is 13.6. The second-order valence-electron chi connectivity index (χ2n) is 5.46. The fraction of sp³-hybridized carbons (Fsp3) is 0.118. The van der Waals surface area contributed by atoms with Gasteiger partial charge in [0.2, 0.25) is 11.5 Å². The molecule has 9 heteroatoms. The van der Waals surface area contributed by atoms with Crippen LogP contribution in [0.4, 0.5) is 11.6 Å². The van der Waals surface area contributed by atoms with Gasteiger partial charge in [-0.25, -0.2) is 9.97 Å². The van der Waals surface area contributed by atoms with Gasteiger partial charge in [-0.3, -0.25) is 9.89 Å². The van der Waals surface area contributed by atoms with Gasteiger partial charge in [-0.05, 0) is 18.2 Å². The first-order chi connectivity index (χ1) is 12.8. The molecule has 0 fully saturated rings. The van der Waals surface area contributed by atoms with Crippen LogP contribution in [-0.4, -0.2) is 35.9 Å². The summed E-state index contributed by atoms with van der Waals surface area (Å²) in [6.45, 7) is 0. The average Bonchev–Trinajstić information content (AvgIpc) is 3.15. The normalized spacial score (nSPS) is 10.9. The topological polar surface area (TPSA) is 112 Å². The number of hydrogen-bond acceptors (Lipinski definition) is 7. The molecular weight excluding hydrogens is 350 g/mol. The lowest BCUT2D eigenvalue weighted by molar-refractivity contribution is 0.966. The summed E-state index contributed by atoms with van der Waals surface area (Å²) in [4.78, 5) is 27.6. The Hall–Kier alpha value is -3.20. The summed E-state index contributed by atoms with van der Waals surface area (Å²) >= 11 is 1.56. The van der Waals surface area contributed by atoms with E-state index in [2.05, 4.69) is 35.5 Å². The van der Waals surface area contributed by atoms with Gasteiger partial charge in [0.05, 0.1) is 5.69 Å². The number of aryl methyl sites for hydroxylation is 1. The van der Waals surface area contributed by atoms with Crippen LogP contribution in [0.3, 0.4) is 0 Å². The molecule has 0 aliphatic rings. The van der Waals surface area contributed by atoms with Crippen LogP contribution in [0.2, 0.25) is 0 Å². The first-order valence-corrected chi connectivity index (χ1v) is 8.97. The van der Waals surface area contributed by atoms with E-state index in [4.69, 9.17) is 0 Å². The quantitative estimate of drug-likeness (QED) is 0.450. The van der Waals surface area contributed by atoms with Crippen LogP contribution < -0.4 is 10.9 Å². The van der Waals surface area contributed by atoms with Crippen LogP contribution in [-0.2, 0) is 6.42 Å². The SMILES string of the molecule is O=c1ccc2c(CCSc3ncn[nH]3)nc(Nc3ccccc3)nc2[nH]1. The van der Waals surface area contributed by atoms with Crippen LogP contribution in [0.1, 0.15) is 5.69 Å². The number of rotatable bonds is 6. The Bertz CT molecular complexity index is 1060. The second kappa shape index (κ2) is 7.36. The summed E-state index contributed by atoms with van der Waals surface area (Å²) in [5.74, 6) is 1.22. The number of fused-ring (bicyclic) bond motifs is 1. The molecular formula is C17H15N7OS. The molecule has 0 spiro atoms. The molecule has 130 valence electrons. The van der Waals surface area contributed by atoms with E-state index in [9.17, 15) is 4.79 Å². The molecule has 0 saturated heterocycles. The molecule has 4 aromatic rings. The Morgan fingerprint density at radius 1 is 1.08 bits per heavy atom. The lowest BCUT2D eigenvalue weighted by atomic mass is 10.2. The maximum absolute atomic E-state index is 11.7. The van der Waals surface area contributed by atoms with Crippen LogP contribution in [0.5, 0.6) is 0 Å². The molecule has 0 amide bonds. The van der Waals surface area contributed by atoms with Gasteiger partial charge in [-0.1, -0.05) is 30.0 Å². The largest absolute Gasteiger partial charge is 0.324 e. The lowest BCUT2D eigenvalue weighted by Crippen LogP contribution is -2.09. The van der Waals surface area contributed by atoms with Crippen molar-refractivity contribution >= 4 is 34.4 Å². The van der Waals surface area contributed by atoms with E-state index >= 15 is 0 Å². The fourth-order valence-corrected chi connectivity index (χ4v) is 3.24. The van der Waals surface area contributed by atoms with Crippen LogP contribution in [0.15, 0.2) is 58.7 Å². The maximum atomic E-state index is 11.7. The van der Waals surface area contributed by atoms with Crippen molar-refractivity contribution in [3.05, 3.63) is 64.8 Å². The monoisotopic (exact) mass is 365 g/mol. The van der Waals surface area contributed by atoms with E-state index in [0.717, 1.165) is 27.7 Å². The number of aromatic amines is 2. The van der Waals surface area contributed by atoms with E-state index in [0.29, 0.717) is 18.0 Å². The number of hydrogen-bond donors (Lipinski definition) is 3. The van der Waals surface area contributed by atoms with Crippen LogP contribution >= 0.6 is 11.8 Å². The van der Waals surface area contributed by atoms with E-state index in [1.807, 2.05) is 30.3 Å². The van der Waals surface area contributed by atoms with Crippen molar-refractivity contribution < 1.29 is 0 Å². The summed E-state index contributed by atoms with van der Waals surface area (Å²) in [6.07, 6.45) is 2.18. The van der Waals surface area contributed by atoms with E-state index in [1.165, 1.54) is 12.4 Å². The Balaban J connectivity index is 1.63. The number of H-pyrrole nitrogens is 2. The van der Waals surface area contributed by atoms with Crippen molar-refractivity contribution in [1.29, 1.82) is 0 Å². The average molecular weight is 365 g/mol. The zero-order chi connectivity index (χ0) is 17.8. The van der Waals surface area contributed by atoms with E-state index < -0.39 is 0 Å². The third-order valence-electron chi connectivity index (χ3n) is 3.67. The van der Waals surface area contributed by atoms with E-state index in [1.54, 1.807) is 17.8 Å². The first-order valence-electron chi connectivity index (χ1n) is 7.98. The summed E-state index contributed by atoms with van der Waals surface area (Å²) in [7, 11) is 0. The molecule has 3 N–H and O–H groups in total. The van der Waals surface area contributed by atoms with Gasteiger partial charge in [0.25, 0.3) is 0 Å². The van der Waals surface area contributed by atoms with Crippen LogP contribution in [0.25, 0.3) is 11.0 Å². The molecule has 0 aliphatic heterocycles. The highest BCUT2D eigenvalue weighted by molar-refractivity contribution is 7.99. The minimum absolute atomic E-state index is 0.191. The van der Waals surface area contributed by atoms with E-state index in [-0.39, 0.29) is 5.56 Å². The molecule has 1 aromatic carbocycles. The molecule has 0 radical (unpaired) electrons. The molecule has 3 heterocycles. The fourth-order valence-electron chi connectivity index (χ4n) is 2.51. The van der Waals surface area contributed by atoms with Gasteiger partial charge in [0.15, 0.2) is 5.16 Å². The number of pyridine rings is 1. The second-order valence-corrected chi connectivity index (χ2v) is 6.54. The number of nitrogens with zero attached hydrogens (tertiary/aromatic N) is 4. The number of benzene rings is 1. The molecule has 26 heavy (non-hydrogen) atoms. The Morgan fingerprint density at radius 2 is 1.96 bits per heavy atom. The molecule has 0 atom stereocenters. The Labute approximate surface area is 152 Å². The summed E-state index contributed by atoms with van der Waals surface area (Å²) in [5, 5.41) is 11.4. The number of nitrogens with one attached hydrogen (secondary N) is 3. The molecule has 3 aromatic heterocycles. The van der Waals surface area contributed by atoms with Gasteiger partial charge >= 0.3 is 0 Å². The number of thioether (sulfide) groups is 1. The van der Waals surface area contributed by atoms with Gasteiger partial charge in [-0.2, -0.15) is 10.1 Å². The predicted octanol–water partition coefficient (Wildman–Crippen LogP) is 2.51. The van der Waals surface area contributed by atoms with Crippen molar-refractivity contribution in [3.63, 3.8) is 0 Å². The molecule has 4 rings (SSSR count). The highest BCUT2D eigenvalue weighted by atomic mass is 32.2. The van der Waals surface area contributed by atoms with Crippen molar-refractivity contribution in [2.45, 2.75) is 11.6 Å². The first kappa shape index (κ1) is 16.3. The highest BCUT2D eigenvalue weighted by Gasteiger charge is 2.10. The standard InChI is InChI=1S/C17H15N7OS/c25-14-7-6-12-13(8-9-26-17-18-10-19-24-17)21-16(23-15(12)22-14)20-11-4-2-1-3-5-11/h1-7,10H,8-9H2,(H,18,19,24)(H2,20,21,22,23,25). The zero-order valence-corrected chi connectivity index (χ0v) is 14.5. The van der Waals surface area contributed by atoms with Crippen molar-refractivity contribution in [1.82, 2.24) is 30.1 Å². The highest BCUT2D eigenvalue weighted by Crippen LogP contribution is 2.20. The van der Waals surface area contributed by atoms with Crippen LogP contribution in [0, 0.1) is 0 Å². The molecule has 0 saturated carbocycles. The third-order valence-corrected chi connectivity index (χ3v) is 4.55. The summed E-state index contributed by atoms with van der Waals surface area (Å²) in [6, 6.07) is 12.9. The minimum Gasteiger partial charge on any atom is -0.324 e.